The number of aliphatic hydroxyl groups is 1. The third kappa shape index (κ3) is 3.27. The summed E-state index contributed by atoms with van der Waals surface area (Å²) >= 11 is 1.73. The SMILES string of the molecule is CC[C@@H](O)CNC(C)(C)c1nc(C)c(C)s1. The Morgan fingerprint density at radius 2 is 2.06 bits per heavy atom. The zero-order valence-electron chi connectivity index (χ0n) is 10.8. The Bertz CT molecular complexity index is 327. The molecule has 2 N–H and O–H groups in total. The van der Waals surface area contributed by atoms with Crippen molar-refractivity contribution in [2.45, 2.75) is 52.7 Å². The molecule has 0 aliphatic heterocycles. The highest BCUT2D eigenvalue weighted by molar-refractivity contribution is 7.11. The number of aryl methyl sites for hydroxylation is 2. The molecular weight excluding hydrogens is 220 g/mol. The van der Waals surface area contributed by atoms with Crippen LogP contribution in [-0.4, -0.2) is 22.7 Å². The van der Waals surface area contributed by atoms with Crippen LogP contribution in [0.15, 0.2) is 0 Å². The lowest BCUT2D eigenvalue weighted by Gasteiger charge is -2.25. The summed E-state index contributed by atoms with van der Waals surface area (Å²) in [6.07, 6.45) is 0.500. The van der Waals surface area contributed by atoms with E-state index in [4.69, 9.17) is 0 Å². The Morgan fingerprint density at radius 1 is 1.44 bits per heavy atom. The zero-order chi connectivity index (χ0) is 12.3. The van der Waals surface area contributed by atoms with E-state index in [0.717, 1.165) is 17.1 Å². The molecule has 0 aliphatic rings. The van der Waals surface area contributed by atoms with Crippen LogP contribution in [0.25, 0.3) is 0 Å². The maximum absolute atomic E-state index is 9.55. The summed E-state index contributed by atoms with van der Waals surface area (Å²) < 4.78 is 0. The second-order valence-corrected chi connectivity index (χ2v) is 5.93. The number of thiazole rings is 1. The highest BCUT2D eigenvalue weighted by Gasteiger charge is 2.24. The Kier molecular flexibility index (Phi) is 4.47. The van der Waals surface area contributed by atoms with Crippen LogP contribution in [0.5, 0.6) is 0 Å². The van der Waals surface area contributed by atoms with Gasteiger partial charge in [0.2, 0.25) is 0 Å². The molecule has 0 amide bonds. The van der Waals surface area contributed by atoms with E-state index in [1.54, 1.807) is 11.3 Å². The smallest absolute Gasteiger partial charge is 0.113 e. The van der Waals surface area contributed by atoms with Crippen molar-refractivity contribution in [3.63, 3.8) is 0 Å². The van der Waals surface area contributed by atoms with Crippen molar-refractivity contribution >= 4 is 11.3 Å². The quantitative estimate of drug-likeness (QED) is 0.833. The van der Waals surface area contributed by atoms with Crippen LogP contribution in [0, 0.1) is 13.8 Å². The summed E-state index contributed by atoms with van der Waals surface area (Å²) in [6, 6.07) is 0. The number of hydrogen-bond acceptors (Lipinski definition) is 4. The molecule has 1 atom stereocenters. The fourth-order valence-corrected chi connectivity index (χ4v) is 2.33. The van der Waals surface area contributed by atoms with Gasteiger partial charge in [-0.1, -0.05) is 6.92 Å². The van der Waals surface area contributed by atoms with Crippen molar-refractivity contribution in [2.75, 3.05) is 6.54 Å². The number of rotatable bonds is 5. The van der Waals surface area contributed by atoms with Crippen LogP contribution in [0.1, 0.15) is 42.8 Å². The van der Waals surface area contributed by atoms with Crippen molar-refractivity contribution in [3.8, 4) is 0 Å². The molecule has 0 aromatic carbocycles. The van der Waals surface area contributed by atoms with E-state index in [1.807, 2.05) is 13.8 Å². The van der Waals surface area contributed by atoms with Crippen molar-refractivity contribution < 1.29 is 5.11 Å². The fourth-order valence-electron chi connectivity index (χ4n) is 1.33. The Labute approximate surface area is 102 Å². The number of hydrogen-bond donors (Lipinski definition) is 2. The van der Waals surface area contributed by atoms with Gasteiger partial charge in [-0.15, -0.1) is 11.3 Å². The minimum absolute atomic E-state index is 0.167. The first-order valence-corrected chi connectivity index (χ1v) is 6.56. The van der Waals surface area contributed by atoms with Crippen LogP contribution >= 0.6 is 11.3 Å². The lowest BCUT2D eigenvalue weighted by atomic mass is 10.1. The second kappa shape index (κ2) is 5.25. The van der Waals surface area contributed by atoms with Gasteiger partial charge in [-0.25, -0.2) is 4.98 Å². The average Bonchev–Trinajstić information content (AvgIpc) is 2.56. The fraction of sp³-hybridized carbons (Fsp3) is 0.750. The molecule has 1 aromatic rings. The van der Waals surface area contributed by atoms with Gasteiger partial charge in [0.1, 0.15) is 5.01 Å². The van der Waals surface area contributed by atoms with E-state index < -0.39 is 0 Å². The third-order valence-corrected chi connectivity index (χ3v) is 4.21. The molecule has 4 heteroatoms. The molecule has 0 saturated carbocycles. The van der Waals surface area contributed by atoms with Gasteiger partial charge in [0.15, 0.2) is 0 Å². The molecule has 0 saturated heterocycles. The van der Waals surface area contributed by atoms with E-state index in [0.29, 0.717) is 6.54 Å². The van der Waals surface area contributed by atoms with Gasteiger partial charge in [0.05, 0.1) is 17.3 Å². The first-order valence-electron chi connectivity index (χ1n) is 5.74. The molecule has 0 unspecified atom stereocenters. The predicted molar refractivity (Wildman–Crippen MR) is 68.9 cm³/mol. The topological polar surface area (TPSA) is 45.1 Å². The van der Waals surface area contributed by atoms with Gasteiger partial charge in [0.25, 0.3) is 0 Å². The lowest BCUT2D eigenvalue weighted by Crippen LogP contribution is -2.41. The summed E-state index contributed by atoms with van der Waals surface area (Å²) in [5.74, 6) is 0. The van der Waals surface area contributed by atoms with Crippen molar-refractivity contribution in [1.29, 1.82) is 0 Å². The number of nitrogens with zero attached hydrogens (tertiary/aromatic N) is 1. The summed E-state index contributed by atoms with van der Waals surface area (Å²) in [5.41, 5.74) is 0.936. The largest absolute Gasteiger partial charge is 0.392 e. The number of nitrogens with one attached hydrogen (secondary N) is 1. The van der Waals surface area contributed by atoms with Crippen molar-refractivity contribution in [2.24, 2.45) is 0 Å². The van der Waals surface area contributed by atoms with E-state index >= 15 is 0 Å². The van der Waals surface area contributed by atoms with Crippen molar-refractivity contribution in [1.82, 2.24) is 10.3 Å². The predicted octanol–water partition coefficient (Wildman–Crippen LogP) is 2.36. The molecular formula is C12H22N2OS. The van der Waals surface area contributed by atoms with Gasteiger partial charge in [0, 0.05) is 11.4 Å². The number of aliphatic hydroxyl groups excluding tert-OH is 1. The van der Waals surface area contributed by atoms with Gasteiger partial charge in [-0.05, 0) is 34.1 Å². The maximum Gasteiger partial charge on any atom is 0.113 e. The van der Waals surface area contributed by atoms with Gasteiger partial charge in [-0.2, -0.15) is 0 Å². The first kappa shape index (κ1) is 13.6. The molecule has 0 aliphatic carbocycles. The van der Waals surface area contributed by atoms with Crippen molar-refractivity contribution in [3.05, 3.63) is 15.6 Å². The van der Waals surface area contributed by atoms with Gasteiger partial charge < -0.3 is 10.4 Å². The first-order chi connectivity index (χ1) is 7.36. The summed E-state index contributed by atoms with van der Waals surface area (Å²) in [6.45, 7) is 10.9. The summed E-state index contributed by atoms with van der Waals surface area (Å²) in [7, 11) is 0. The van der Waals surface area contributed by atoms with E-state index in [2.05, 4.69) is 31.1 Å². The summed E-state index contributed by atoms with van der Waals surface area (Å²) in [4.78, 5) is 5.82. The molecule has 92 valence electrons. The molecule has 0 radical (unpaired) electrons. The zero-order valence-corrected chi connectivity index (χ0v) is 11.6. The van der Waals surface area contributed by atoms with E-state index in [1.165, 1.54) is 4.88 Å². The third-order valence-electron chi connectivity index (χ3n) is 2.81. The van der Waals surface area contributed by atoms with E-state index in [-0.39, 0.29) is 11.6 Å². The molecule has 1 aromatic heterocycles. The highest BCUT2D eigenvalue weighted by atomic mass is 32.1. The normalized spacial score (nSPS) is 14.1. The Morgan fingerprint density at radius 3 is 2.50 bits per heavy atom. The van der Waals surface area contributed by atoms with Gasteiger partial charge in [-0.3, -0.25) is 0 Å². The van der Waals surface area contributed by atoms with Crippen LogP contribution in [0.4, 0.5) is 0 Å². The van der Waals surface area contributed by atoms with Crippen LogP contribution in [0.2, 0.25) is 0 Å². The van der Waals surface area contributed by atoms with E-state index in [9.17, 15) is 5.11 Å². The maximum atomic E-state index is 9.55. The molecule has 1 heterocycles. The van der Waals surface area contributed by atoms with Crippen LogP contribution in [0.3, 0.4) is 0 Å². The minimum atomic E-state index is -0.276. The number of aromatic nitrogens is 1. The molecule has 0 fully saturated rings. The van der Waals surface area contributed by atoms with Gasteiger partial charge >= 0.3 is 0 Å². The second-order valence-electron chi connectivity index (χ2n) is 4.73. The Hall–Kier alpha value is -0.450. The summed E-state index contributed by atoms with van der Waals surface area (Å²) in [5, 5.41) is 14.0. The van der Waals surface area contributed by atoms with Crippen LogP contribution in [-0.2, 0) is 5.54 Å². The monoisotopic (exact) mass is 242 g/mol. The standard InChI is InChI=1S/C12H22N2OS/c1-6-10(15)7-13-12(4,5)11-14-8(2)9(3)16-11/h10,13,15H,6-7H2,1-5H3/t10-/m1/s1. The molecule has 0 spiro atoms. The molecule has 16 heavy (non-hydrogen) atoms. The highest BCUT2D eigenvalue weighted by Crippen LogP contribution is 2.27. The average molecular weight is 242 g/mol. The molecule has 0 bridgehead atoms. The molecule has 3 nitrogen and oxygen atoms in total. The van der Waals surface area contributed by atoms with Crippen LogP contribution < -0.4 is 5.32 Å². The lowest BCUT2D eigenvalue weighted by molar-refractivity contribution is 0.154. The minimum Gasteiger partial charge on any atom is -0.392 e. The Balaban J connectivity index is 2.69. The molecule has 1 rings (SSSR count).